The Balaban J connectivity index is 2.17. The average Bonchev–Trinajstić information content (AvgIpc) is 3.01. The van der Waals surface area contributed by atoms with Crippen LogP contribution in [0.2, 0.25) is 5.02 Å². The molecule has 128 valence electrons. The van der Waals surface area contributed by atoms with Crippen molar-refractivity contribution in [3.63, 3.8) is 0 Å². The lowest BCUT2D eigenvalue weighted by Gasteiger charge is -2.23. The standard InChI is InChI=1S/C17H19ClN2O3S/c1-11(2)9-20(8-7-15(21)22)17(23)14-10-24-16(19-14)12-3-5-13(18)6-4-12/h3-6,10-11H,7-9H2,1-2H3,(H,21,22). The number of rotatable bonds is 7. The van der Waals surface area contributed by atoms with Gasteiger partial charge in [-0.05, 0) is 18.1 Å². The van der Waals surface area contributed by atoms with E-state index in [1.165, 1.54) is 11.3 Å². The molecular formula is C17H19ClN2O3S. The van der Waals surface area contributed by atoms with Crippen molar-refractivity contribution in [3.05, 3.63) is 40.4 Å². The fourth-order valence-electron chi connectivity index (χ4n) is 2.21. The molecule has 2 rings (SSSR count). The molecule has 0 bridgehead atoms. The number of carboxylic acids is 1. The van der Waals surface area contributed by atoms with E-state index in [9.17, 15) is 9.59 Å². The van der Waals surface area contributed by atoms with Crippen LogP contribution in [0.4, 0.5) is 0 Å². The van der Waals surface area contributed by atoms with Gasteiger partial charge in [-0.2, -0.15) is 0 Å². The predicted octanol–water partition coefficient (Wildman–Crippen LogP) is 4.04. The van der Waals surface area contributed by atoms with E-state index in [0.717, 1.165) is 10.6 Å². The summed E-state index contributed by atoms with van der Waals surface area (Å²) in [4.78, 5) is 29.4. The van der Waals surface area contributed by atoms with Gasteiger partial charge in [0.15, 0.2) is 0 Å². The third-order valence-electron chi connectivity index (χ3n) is 3.28. The molecule has 1 N–H and O–H groups in total. The number of aliphatic carboxylic acids is 1. The maximum atomic E-state index is 12.6. The Labute approximate surface area is 149 Å². The molecule has 0 saturated carbocycles. The first-order valence-electron chi connectivity index (χ1n) is 7.59. The summed E-state index contributed by atoms with van der Waals surface area (Å²) in [6.45, 7) is 4.66. The molecule has 0 unspecified atom stereocenters. The molecule has 0 radical (unpaired) electrons. The minimum atomic E-state index is -0.920. The summed E-state index contributed by atoms with van der Waals surface area (Å²) in [5.41, 5.74) is 1.24. The molecule has 1 aromatic carbocycles. The van der Waals surface area contributed by atoms with Crippen LogP contribution in [-0.2, 0) is 4.79 Å². The molecule has 7 heteroatoms. The topological polar surface area (TPSA) is 70.5 Å². The van der Waals surface area contributed by atoms with Gasteiger partial charge < -0.3 is 10.0 Å². The smallest absolute Gasteiger partial charge is 0.305 e. The van der Waals surface area contributed by atoms with Gasteiger partial charge in [-0.15, -0.1) is 11.3 Å². The minimum Gasteiger partial charge on any atom is -0.481 e. The Hall–Kier alpha value is -1.92. The van der Waals surface area contributed by atoms with E-state index in [1.807, 2.05) is 26.0 Å². The zero-order chi connectivity index (χ0) is 17.7. The zero-order valence-electron chi connectivity index (χ0n) is 13.5. The Morgan fingerprint density at radius 1 is 1.29 bits per heavy atom. The molecule has 0 atom stereocenters. The molecule has 1 aromatic heterocycles. The monoisotopic (exact) mass is 366 g/mol. The number of aromatic nitrogens is 1. The van der Waals surface area contributed by atoms with Gasteiger partial charge in [0.05, 0.1) is 6.42 Å². The summed E-state index contributed by atoms with van der Waals surface area (Å²) in [5.74, 6) is -0.907. The summed E-state index contributed by atoms with van der Waals surface area (Å²) in [5, 5.41) is 11.9. The fraction of sp³-hybridized carbons (Fsp3) is 0.353. The number of carboxylic acid groups (broad SMARTS) is 1. The first-order valence-corrected chi connectivity index (χ1v) is 8.85. The van der Waals surface area contributed by atoms with Crippen LogP contribution in [0.5, 0.6) is 0 Å². The van der Waals surface area contributed by atoms with Crippen molar-refractivity contribution in [2.75, 3.05) is 13.1 Å². The summed E-state index contributed by atoms with van der Waals surface area (Å²) < 4.78 is 0. The molecule has 5 nitrogen and oxygen atoms in total. The second kappa shape index (κ2) is 8.26. The third-order valence-corrected chi connectivity index (χ3v) is 4.43. The van der Waals surface area contributed by atoms with E-state index in [-0.39, 0.29) is 24.8 Å². The van der Waals surface area contributed by atoms with E-state index in [4.69, 9.17) is 16.7 Å². The Morgan fingerprint density at radius 3 is 2.54 bits per heavy atom. The van der Waals surface area contributed by atoms with Crippen LogP contribution in [0.3, 0.4) is 0 Å². The van der Waals surface area contributed by atoms with Crippen LogP contribution >= 0.6 is 22.9 Å². The highest BCUT2D eigenvalue weighted by atomic mass is 35.5. The van der Waals surface area contributed by atoms with E-state index < -0.39 is 5.97 Å². The van der Waals surface area contributed by atoms with Gasteiger partial charge in [0.2, 0.25) is 0 Å². The van der Waals surface area contributed by atoms with Crippen molar-refractivity contribution < 1.29 is 14.7 Å². The fourth-order valence-corrected chi connectivity index (χ4v) is 3.13. The first-order chi connectivity index (χ1) is 11.4. The van der Waals surface area contributed by atoms with Crippen LogP contribution in [-0.4, -0.2) is 40.0 Å². The summed E-state index contributed by atoms with van der Waals surface area (Å²) >= 11 is 7.26. The van der Waals surface area contributed by atoms with Crippen LogP contribution in [0.1, 0.15) is 30.8 Å². The summed E-state index contributed by atoms with van der Waals surface area (Å²) in [7, 11) is 0. The predicted molar refractivity (Wildman–Crippen MR) is 95.6 cm³/mol. The second-order valence-corrected chi connectivity index (χ2v) is 7.13. The average molecular weight is 367 g/mol. The van der Waals surface area contributed by atoms with Crippen LogP contribution in [0.15, 0.2) is 29.6 Å². The molecule has 2 aromatic rings. The van der Waals surface area contributed by atoms with Crippen molar-refractivity contribution in [3.8, 4) is 10.6 Å². The molecule has 24 heavy (non-hydrogen) atoms. The first kappa shape index (κ1) is 18.4. The van der Waals surface area contributed by atoms with E-state index in [0.29, 0.717) is 17.3 Å². The van der Waals surface area contributed by atoms with Gasteiger partial charge in [-0.3, -0.25) is 9.59 Å². The van der Waals surface area contributed by atoms with Gasteiger partial charge >= 0.3 is 5.97 Å². The molecule has 0 aliphatic carbocycles. The number of amides is 1. The van der Waals surface area contributed by atoms with E-state index in [1.54, 1.807) is 22.4 Å². The van der Waals surface area contributed by atoms with Gasteiger partial charge in [0.25, 0.3) is 5.91 Å². The molecule has 0 saturated heterocycles. The molecule has 0 spiro atoms. The SMILES string of the molecule is CC(C)CN(CCC(=O)O)C(=O)c1csc(-c2ccc(Cl)cc2)n1. The molecular weight excluding hydrogens is 348 g/mol. The Bertz CT molecular complexity index is 713. The van der Waals surface area contributed by atoms with E-state index in [2.05, 4.69) is 4.98 Å². The number of hydrogen-bond donors (Lipinski definition) is 1. The van der Waals surface area contributed by atoms with Crippen molar-refractivity contribution >= 4 is 34.8 Å². The maximum absolute atomic E-state index is 12.6. The van der Waals surface area contributed by atoms with E-state index >= 15 is 0 Å². The number of halogens is 1. The lowest BCUT2D eigenvalue weighted by atomic mass is 10.2. The van der Waals surface area contributed by atoms with Gasteiger partial charge in [-0.25, -0.2) is 4.98 Å². The lowest BCUT2D eigenvalue weighted by Crippen LogP contribution is -2.36. The van der Waals surface area contributed by atoms with Crippen LogP contribution in [0, 0.1) is 5.92 Å². The number of nitrogens with zero attached hydrogens (tertiary/aromatic N) is 2. The quantitative estimate of drug-likeness (QED) is 0.802. The Kier molecular flexibility index (Phi) is 6.34. The van der Waals surface area contributed by atoms with Crippen molar-refractivity contribution in [2.45, 2.75) is 20.3 Å². The molecule has 0 aliphatic heterocycles. The Morgan fingerprint density at radius 2 is 1.96 bits per heavy atom. The maximum Gasteiger partial charge on any atom is 0.305 e. The second-order valence-electron chi connectivity index (χ2n) is 5.83. The largest absolute Gasteiger partial charge is 0.481 e. The normalized spacial score (nSPS) is 10.8. The highest BCUT2D eigenvalue weighted by molar-refractivity contribution is 7.13. The number of carbonyl (C=O) groups is 2. The van der Waals surface area contributed by atoms with Gasteiger partial charge in [0.1, 0.15) is 10.7 Å². The summed E-state index contributed by atoms with van der Waals surface area (Å²) in [6, 6.07) is 7.26. The summed E-state index contributed by atoms with van der Waals surface area (Å²) in [6.07, 6.45) is -0.0767. The highest BCUT2D eigenvalue weighted by Crippen LogP contribution is 2.25. The molecule has 1 amide bonds. The number of hydrogen-bond acceptors (Lipinski definition) is 4. The van der Waals surface area contributed by atoms with Gasteiger partial charge in [0, 0.05) is 29.1 Å². The lowest BCUT2D eigenvalue weighted by molar-refractivity contribution is -0.137. The number of benzene rings is 1. The number of thiazole rings is 1. The molecule has 0 fully saturated rings. The zero-order valence-corrected chi connectivity index (χ0v) is 15.1. The van der Waals surface area contributed by atoms with Crippen LogP contribution < -0.4 is 0 Å². The molecule has 1 heterocycles. The highest BCUT2D eigenvalue weighted by Gasteiger charge is 2.20. The van der Waals surface area contributed by atoms with Gasteiger partial charge in [-0.1, -0.05) is 37.6 Å². The number of carbonyl (C=O) groups excluding carboxylic acids is 1. The van der Waals surface area contributed by atoms with Crippen LogP contribution in [0.25, 0.3) is 10.6 Å². The third kappa shape index (κ3) is 5.04. The van der Waals surface area contributed by atoms with Crippen molar-refractivity contribution in [1.82, 2.24) is 9.88 Å². The molecule has 0 aliphatic rings. The van der Waals surface area contributed by atoms with Crippen molar-refractivity contribution in [2.24, 2.45) is 5.92 Å². The van der Waals surface area contributed by atoms with Crippen molar-refractivity contribution in [1.29, 1.82) is 0 Å². The minimum absolute atomic E-state index is 0.0767.